The fraction of sp³-hybridized carbons (Fsp3) is 0.0833. The molecule has 2 N–H and O–H groups in total. The standard InChI is InChI=1S/C12H8F2N2S/c1-6-2-3-7(13)11(12(6)14)9-4-8(16)10(5-15)17-9/h2-4H,16H2,1H3. The van der Waals surface area contributed by atoms with Crippen molar-refractivity contribution < 1.29 is 8.78 Å². The molecular formula is C12H8F2N2S. The summed E-state index contributed by atoms with van der Waals surface area (Å²) in [5, 5.41) is 8.76. The highest BCUT2D eigenvalue weighted by molar-refractivity contribution is 7.16. The Balaban J connectivity index is 2.69. The highest BCUT2D eigenvalue weighted by Gasteiger charge is 2.17. The summed E-state index contributed by atoms with van der Waals surface area (Å²) < 4.78 is 27.4. The van der Waals surface area contributed by atoms with Gasteiger partial charge in [0.2, 0.25) is 0 Å². The van der Waals surface area contributed by atoms with Crippen LogP contribution >= 0.6 is 11.3 Å². The summed E-state index contributed by atoms with van der Waals surface area (Å²) in [7, 11) is 0. The van der Waals surface area contributed by atoms with Crippen LogP contribution in [0.2, 0.25) is 0 Å². The highest BCUT2D eigenvalue weighted by atomic mass is 32.1. The zero-order valence-corrected chi connectivity index (χ0v) is 9.74. The van der Waals surface area contributed by atoms with E-state index < -0.39 is 11.6 Å². The quantitative estimate of drug-likeness (QED) is 0.842. The average molecular weight is 250 g/mol. The third kappa shape index (κ3) is 1.87. The maximum Gasteiger partial charge on any atom is 0.137 e. The van der Waals surface area contributed by atoms with Gasteiger partial charge in [0.1, 0.15) is 22.6 Å². The van der Waals surface area contributed by atoms with Crippen LogP contribution in [-0.4, -0.2) is 0 Å². The van der Waals surface area contributed by atoms with E-state index in [1.54, 1.807) is 6.92 Å². The zero-order chi connectivity index (χ0) is 12.6. The lowest BCUT2D eigenvalue weighted by atomic mass is 10.1. The second-order valence-corrected chi connectivity index (χ2v) is 4.61. The Hall–Kier alpha value is -1.93. The number of rotatable bonds is 1. The van der Waals surface area contributed by atoms with Gasteiger partial charge in [-0.15, -0.1) is 11.3 Å². The van der Waals surface area contributed by atoms with Crippen LogP contribution < -0.4 is 5.73 Å². The van der Waals surface area contributed by atoms with E-state index in [-0.39, 0.29) is 16.1 Å². The van der Waals surface area contributed by atoms with Crippen LogP contribution in [0.4, 0.5) is 14.5 Å². The number of hydrogen-bond donors (Lipinski definition) is 1. The molecule has 0 bridgehead atoms. The first kappa shape index (κ1) is 11.6. The third-order valence-corrected chi connectivity index (χ3v) is 3.47. The number of nitrogen functional groups attached to an aromatic ring is 1. The molecule has 1 aromatic carbocycles. The van der Waals surface area contributed by atoms with Crippen molar-refractivity contribution in [2.45, 2.75) is 6.92 Å². The molecule has 0 aliphatic rings. The lowest BCUT2D eigenvalue weighted by molar-refractivity contribution is 0.584. The summed E-state index contributed by atoms with van der Waals surface area (Å²) in [5.74, 6) is -1.27. The van der Waals surface area contributed by atoms with Crippen molar-refractivity contribution in [3.05, 3.63) is 40.3 Å². The molecule has 0 spiro atoms. The molecule has 0 fully saturated rings. The maximum atomic E-state index is 13.8. The molecule has 17 heavy (non-hydrogen) atoms. The Bertz CT molecular complexity index is 626. The van der Waals surface area contributed by atoms with Crippen LogP contribution in [0.1, 0.15) is 10.4 Å². The first-order chi connectivity index (χ1) is 8.04. The Morgan fingerprint density at radius 2 is 2.06 bits per heavy atom. The molecule has 2 nitrogen and oxygen atoms in total. The molecule has 5 heteroatoms. The SMILES string of the molecule is Cc1ccc(F)c(-c2cc(N)c(C#N)s2)c1F. The number of nitrogens with two attached hydrogens (primary N) is 1. The molecule has 0 atom stereocenters. The molecule has 2 aromatic rings. The van der Waals surface area contributed by atoms with Crippen LogP contribution in [0.25, 0.3) is 10.4 Å². The molecule has 0 saturated carbocycles. The summed E-state index contributed by atoms with van der Waals surface area (Å²) in [6.45, 7) is 1.56. The number of anilines is 1. The van der Waals surface area contributed by atoms with Gasteiger partial charge in [-0.05, 0) is 24.6 Å². The van der Waals surface area contributed by atoms with Gasteiger partial charge < -0.3 is 5.73 Å². The van der Waals surface area contributed by atoms with Crippen LogP contribution in [0, 0.1) is 29.9 Å². The molecule has 0 aliphatic heterocycles. The smallest absolute Gasteiger partial charge is 0.137 e. The minimum Gasteiger partial charge on any atom is -0.397 e. The summed E-state index contributed by atoms with van der Waals surface area (Å²) in [6, 6.07) is 5.88. The lowest BCUT2D eigenvalue weighted by Crippen LogP contribution is -1.91. The number of benzene rings is 1. The van der Waals surface area contributed by atoms with E-state index in [2.05, 4.69) is 0 Å². The summed E-state index contributed by atoms with van der Waals surface area (Å²) in [5.41, 5.74) is 6.05. The Morgan fingerprint density at radius 1 is 1.35 bits per heavy atom. The molecule has 0 radical (unpaired) electrons. The van der Waals surface area contributed by atoms with Crippen LogP contribution in [0.5, 0.6) is 0 Å². The van der Waals surface area contributed by atoms with Crippen molar-refractivity contribution in [1.82, 2.24) is 0 Å². The van der Waals surface area contributed by atoms with E-state index in [1.165, 1.54) is 18.2 Å². The Labute approximate surface area is 101 Å². The van der Waals surface area contributed by atoms with Crippen molar-refractivity contribution >= 4 is 17.0 Å². The fourth-order valence-electron chi connectivity index (χ4n) is 1.50. The van der Waals surface area contributed by atoms with E-state index in [0.717, 1.165) is 11.3 Å². The molecule has 0 aliphatic carbocycles. The molecule has 1 heterocycles. The van der Waals surface area contributed by atoms with E-state index in [9.17, 15) is 8.78 Å². The first-order valence-electron chi connectivity index (χ1n) is 4.79. The lowest BCUT2D eigenvalue weighted by Gasteiger charge is -2.04. The van der Waals surface area contributed by atoms with Gasteiger partial charge in [0, 0.05) is 4.88 Å². The predicted molar refractivity (Wildman–Crippen MR) is 63.5 cm³/mol. The molecule has 2 rings (SSSR count). The second kappa shape index (κ2) is 4.15. The summed E-state index contributed by atoms with van der Waals surface area (Å²) in [6.07, 6.45) is 0. The minimum absolute atomic E-state index is 0.122. The summed E-state index contributed by atoms with van der Waals surface area (Å²) >= 11 is 0.984. The summed E-state index contributed by atoms with van der Waals surface area (Å²) in [4.78, 5) is 0.595. The number of hydrogen-bond acceptors (Lipinski definition) is 3. The molecular weight excluding hydrogens is 242 g/mol. The first-order valence-corrected chi connectivity index (χ1v) is 5.60. The number of aryl methyl sites for hydroxylation is 1. The molecule has 0 unspecified atom stereocenters. The number of nitriles is 1. The van der Waals surface area contributed by atoms with E-state index in [1.807, 2.05) is 6.07 Å². The van der Waals surface area contributed by atoms with Gasteiger partial charge in [-0.25, -0.2) is 8.78 Å². The number of nitrogens with zero attached hydrogens (tertiary/aromatic N) is 1. The van der Waals surface area contributed by atoms with E-state index in [0.29, 0.717) is 10.4 Å². The molecule has 0 saturated heterocycles. The van der Waals surface area contributed by atoms with Crippen LogP contribution in [0.3, 0.4) is 0 Å². The van der Waals surface area contributed by atoms with E-state index in [4.69, 9.17) is 11.0 Å². The molecule has 86 valence electrons. The minimum atomic E-state index is -0.654. The van der Waals surface area contributed by atoms with Crippen molar-refractivity contribution in [1.29, 1.82) is 5.26 Å². The predicted octanol–water partition coefficient (Wildman–Crippen LogP) is 3.46. The Kier molecular flexibility index (Phi) is 2.82. The van der Waals surface area contributed by atoms with Crippen LogP contribution in [0.15, 0.2) is 18.2 Å². The number of halogens is 2. The third-order valence-electron chi connectivity index (χ3n) is 2.39. The van der Waals surface area contributed by atoms with Crippen molar-refractivity contribution in [3.8, 4) is 16.5 Å². The van der Waals surface area contributed by atoms with Crippen LogP contribution in [-0.2, 0) is 0 Å². The highest BCUT2D eigenvalue weighted by Crippen LogP contribution is 2.36. The topological polar surface area (TPSA) is 49.8 Å². The monoisotopic (exact) mass is 250 g/mol. The Morgan fingerprint density at radius 3 is 2.65 bits per heavy atom. The average Bonchev–Trinajstić information content (AvgIpc) is 2.65. The van der Waals surface area contributed by atoms with Gasteiger partial charge in [0.15, 0.2) is 0 Å². The van der Waals surface area contributed by atoms with Gasteiger partial charge in [-0.2, -0.15) is 5.26 Å². The van der Waals surface area contributed by atoms with Gasteiger partial charge >= 0.3 is 0 Å². The van der Waals surface area contributed by atoms with Crippen molar-refractivity contribution in [2.24, 2.45) is 0 Å². The van der Waals surface area contributed by atoms with Gasteiger partial charge in [0.05, 0.1) is 11.3 Å². The van der Waals surface area contributed by atoms with Gasteiger partial charge in [0.25, 0.3) is 0 Å². The normalized spacial score (nSPS) is 10.2. The van der Waals surface area contributed by atoms with Crippen molar-refractivity contribution in [3.63, 3.8) is 0 Å². The van der Waals surface area contributed by atoms with Gasteiger partial charge in [-0.3, -0.25) is 0 Å². The molecule has 1 aromatic heterocycles. The van der Waals surface area contributed by atoms with Crippen molar-refractivity contribution in [2.75, 3.05) is 5.73 Å². The molecule has 0 amide bonds. The zero-order valence-electron chi connectivity index (χ0n) is 8.92. The van der Waals surface area contributed by atoms with Gasteiger partial charge in [-0.1, -0.05) is 6.07 Å². The number of thiophene rings is 1. The van der Waals surface area contributed by atoms with E-state index >= 15 is 0 Å². The second-order valence-electron chi connectivity index (χ2n) is 3.56. The maximum absolute atomic E-state index is 13.8. The largest absolute Gasteiger partial charge is 0.397 e. The fourth-order valence-corrected chi connectivity index (χ4v) is 2.42.